The lowest BCUT2D eigenvalue weighted by Crippen LogP contribution is -2.56. The monoisotopic (exact) mass is 364 g/mol. The van der Waals surface area contributed by atoms with E-state index in [1.807, 2.05) is 30.0 Å². The van der Waals surface area contributed by atoms with Crippen molar-refractivity contribution in [3.05, 3.63) is 47.7 Å². The van der Waals surface area contributed by atoms with Gasteiger partial charge in [0.05, 0.1) is 11.2 Å². The van der Waals surface area contributed by atoms with E-state index in [4.69, 9.17) is 5.73 Å². The first-order chi connectivity index (χ1) is 12.4. The minimum atomic E-state index is -2.83. The highest BCUT2D eigenvalue weighted by molar-refractivity contribution is 5.31. The highest BCUT2D eigenvalue weighted by Crippen LogP contribution is 2.52. The van der Waals surface area contributed by atoms with Crippen LogP contribution in [0.15, 0.2) is 42.1 Å². The van der Waals surface area contributed by atoms with E-state index in [1.54, 1.807) is 13.0 Å². The molecule has 2 nitrogen and oxygen atoms in total. The molecule has 0 bridgehead atoms. The molecule has 0 heterocycles. The number of rotatable bonds is 10. The summed E-state index contributed by atoms with van der Waals surface area (Å²) in [7, 11) is 0. The van der Waals surface area contributed by atoms with Crippen LogP contribution in [0.1, 0.15) is 71.3 Å². The third-order valence-corrected chi connectivity index (χ3v) is 6.00. The average Bonchev–Trinajstić information content (AvgIpc) is 3.46. The lowest BCUT2D eigenvalue weighted by atomic mass is 9.88. The molecule has 0 radical (unpaired) electrons. The van der Waals surface area contributed by atoms with Gasteiger partial charge in [-0.15, -0.1) is 0 Å². The van der Waals surface area contributed by atoms with Crippen LogP contribution in [0.25, 0.3) is 0 Å². The Kier molecular flexibility index (Phi) is 6.84. The van der Waals surface area contributed by atoms with Gasteiger partial charge in [-0.3, -0.25) is 0 Å². The third kappa shape index (κ3) is 3.95. The summed E-state index contributed by atoms with van der Waals surface area (Å²) in [6.07, 6.45) is 4.56. The molecule has 2 unspecified atom stereocenters. The number of hydrogen-bond acceptors (Lipinski definition) is 2. The van der Waals surface area contributed by atoms with Gasteiger partial charge < -0.3 is 10.6 Å². The van der Waals surface area contributed by atoms with E-state index >= 15 is 0 Å². The summed E-state index contributed by atoms with van der Waals surface area (Å²) in [6.45, 7) is 8.01. The minimum absolute atomic E-state index is 0.0936. The van der Waals surface area contributed by atoms with Crippen molar-refractivity contribution < 1.29 is 8.78 Å². The van der Waals surface area contributed by atoms with Crippen molar-refractivity contribution in [3.8, 4) is 0 Å². The van der Waals surface area contributed by atoms with Gasteiger partial charge in [0.1, 0.15) is 0 Å². The molecule has 1 aromatic carbocycles. The Morgan fingerprint density at radius 3 is 2.19 bits per heavy atom. The molecule has 4 heteroatoms. The Bertz CT molecular complexity index is 585. The number of allylic oxidation sites excluding steroid dienone is 2. The topological polar surface area (TPSA) is 29.3 Å². The number of halogens is 2. The predicted octanol–water partition coefficient (Wildman–Crippen LogP) is 5.70. The molecule has 1 aliphatic rings. The molecule has 0 aliphatic heterocycles. The second kappa shape index (κ2) is 8.51. The molecule has 2 rings (SSSR count). The Balaban J connectivity index is 2.48. The number of alkyl halides is 2. The SMILES string of the molecule is CC/C=C(/N(C1CC1c1ccccc1)C(CC)(CC)CN)C(F)(F)CC. The molecule has 2 atom stereocenters. The van der Waals surface area contributed by atoms with Crippen LogP contribution in [-0.2, 0) is 0 Å². The minimum Gasteiger partial charge on any atom is -0.360 e. The van der Waals surface area contributed by atoms with Gasteiger partial charge in [0, 0.05) is 24.9 Å². The van der Waals surface area contributed by atoms with Gasteiger partial charge in [0.25, 0.3) is 5.92 Å². The molecule has 1 aliphatic carbocycles. The quantitative estimate of drug-likeness (QED) is 0.577. The Hall–Kier alpha value is -1.42. The Morgan fingerprint density at radius 2 is 1.73 bits per heavy atom. The average molecular weight is 365 g/mol. The molecule has 0 spiro atoms. The van der Waals surface area contributed by atoms with Crippen LogP contribution in [0.5, 0.6) is 0 Å². The highest BCUT2D eigenvalue weighted by atomic mass is 19.3. The van der Waals surface area contributed by atoms with Crippen LogP contribution in [0.2, 0.25) is 0 Å². The summed E-state index contributed by atoms with van der Waals surface area (Å²) in [5, 5.41) is 0. The van der Waals surface area contributed by atoms with E-state index in [9.17, 15) is 8.78 Å². The molecular formula is C22H34F2N2. The van der Waals surface area contributed by atoms with Crippen LogP contribution >= 0.6 is 0 Å². The number of nitrogens with zero attached hydrogens (tertiary/aromatic N) is 1. The van der Waals surface area contributed by atoms with Gasteiger partial charge in [0.15, 0.2) is 0 Å². The van der Waals surface area contributed by atoms with Crippen LogP contribution in [0.3, 0.4) is 0 Å². The zero-order chi connectivity index (χ0) is 19.4. The Morgan fingerprint density at radius 1 is 1.12 bits per heavy atom. The highest BCUT2D eigenvalue weighted by Gasteiger charge is 2.53. The van der Waals surface area contributed by atoms with Crippen LogP contribution in [0, 0.1) is 0 Å². The van der Waals surface area contributed by atoms with Gasteiger partial charge in [0.2, 0.25) is 0 Å². The molecule has 0 amide bonds. The van der Waals surface area contributed by atoms with Crippen LogP contribution in [-0.4, -0.2) is 28.9 Å². The fraction of sp³-hybridized carbons (Fsp3) is 0.636. The summed E-state index contributed by atoms with van der Waals surface area (Å²) < 4.78 is 29.9. The van der Waals surface area contributed by atoms with Crippen molar-refractivity contribution >= 4 is 0 Å². The van der Waals surface area contributed by atoms with Crippen molar-refractivity contribution in [1.29, 1.82) is 0 Å². The molecule has 26 heavy (non-hydrogen) atoms. The number of hydrogen-bond donors (Lipinski definition) is 1. The molecule has 1 fully saturated rings. The maximum absolute atomic E-state index is 15.0. The van der Waals surface area contributed by atoms with Crippen LogP contribution in [0.4, 0.5) is 8.78 Å². The second-order valence-corrected chi connectivity index (χ2v) is 7.38. The van der Waals surface area contributed by atoms with Crippen molar-refractivity contribution in [2.45, 2.75) is 83.2 Å². The first-order valence-corrected chi connectivity index (χ1v) is 10.0. The molecular weight excluding hydrogens is 330 g/mol. The van der Waals surface area contributed by atoms with Crippen LogP contribution < -0.4 is 5.73 Å². The first kappa shape index (κ1) is 20.9. The van der Waals surface area contributed by atoms with E-state index < -0.39 is 11.5 Å². The fourth-order valence-corrected chi connectivity index (χ4v) is 4.09. The van der Waals surface area contributed by atoms with E-state index in [-0.39, 0.29) is 18.2 Å². The van der Waals surface area contributed by atoms with E-state index in [1.165, 1.54) is 5.56 Å². The molecule has 0 aromatic heterocycles. The first-order valence-electron chi connectivity index (χ1n) is 10.0. The van der Waals surface area contributed by atoms with Crippen molar-refractivity contribution in [3.63, 3.8) is 0 Å². The van der Waals surface area contributed by atoms with Crippen molar-refractivity contribution in [1.82, 2.24) is 4.90 Å². The maximum Gasteiger partial charge on any atom is 0.286 e. The molecule has 1 aromatic rings. The molecule has 1 saturated carbocycles. The predicted molar refractivity (Wildman–Crippen MR) is 105 cm³/mol. The third-order valence-electron chi connectivity index (χ3n) is 6.00. The summed E-state index contributed by atoms with van der Waals surface area (Å²) in [4.78, 5) is 2.03. The van der Waals surface area contributed by atoms with Crippen molar-refractivity contribution in [2.75, 3.05) is 6.54 Å². The number of nitrogens with two attached hydrogens (primary N) is 1. The smallest absolute Gasteiger partial charge is 0.286 e. The summed E-state index contributed by atoms with van der Waals surface area (Å²) in [5.41, 5.74) is 7.17. The molecule has 0 saturated heterocycles. The summed E-state index contributed by atoms with van der Waals surface area (Å²) >= 11 is 0. The molecule has 146 valence electrons. The maximum atomic E-state index is 15.0. The van der Waals surface area contributed by atoms with E-state index in [0.717, 1.165) is 19.3 Å². The Labute approximate surface area is 157 Å². The lowest BCUT2D eigenvalue weighted by Gasteiger charge is -2.48. The van der Waals surface area contributed by atoms with Gasteiger partial charge in [-0.25, -0.2) is 0 Å². The zero-order valence-corrected chi connectivity index (χ0v) is 16.6. The fourth-order valence-electron chi connectivity index (χ4n) is 4.09. The standard InChI is InChI=1S/C22H34F2N2/c1-5-12-20(22(23,24)8-4)26(21(6-2,7-3)16-25)19-15-18(19)17-13-10-9-11-14-17/h9-14,18-19H,5-8,15-16,25H2,1-4H3/b20-12+. The molecule has 2 N–H and O–H groups in total. The van der Waals surface area contributed by atoms with Gasteiger partial charge in [-0.1, -0.05) is 64.1 Å². The second-order valence-electron chi connectivity index (χ2n) is 7.38. The zero-order valence-electron chi connectivity index (χ0n) is 16.6. The van der Waals surface area contributed by atoms with Gasteiger partial charge in [-0.05, 0) is 31.2 Å². The lowest BCUT2D eigenvalue weighted by molar-refractivity contribution is -0.0239. The summed E-state index contributed by atoms with van der Waals surface area (Å²) in [5.74, 6) is -2.53. The largest absolute Gasteiger partial charge is 0.360 e. The van der Waals surface area contributed by atoms with Crippen molar-refractivity contribution in [2.24, 2.45) is 5.73 Å². The van der Waals surface area contributed by atoms with Gasteiger partial charge in [-0.2, -0.15) is 8.78 Å². The number of benzene rings is 1. The van der Waals surface area contributed by atoms with Gasteiger partial charge >= 0.3 is 0 Å². The van der Waals surface area contributed by atoms with E-state index in [2.05, 4.69) is 26.0 Å². The normalized spacial score (nSPS) is 21.0. The summed E-state index contributed by atoms with van der Waals surface area (Å²) in [6, 6.07) is 10.3. The van der Waals surface area contributed by atoms with E-state index in [0.29, 0.717) is 18.9 Å².